The van der Waals surface area contributed by atoms with Crippen LogP contribution in [0, 0.1) is 0 Å². The Bertz CT molecular complexity index is 888. The molecule has 130 valence electrons. The van der Waals surface area contributed by atoms with Gasteiger partial charge in [-0.3, -0.25) is 9.69 Å². The van der Waals surface area contributed by atoms with Crippen molar-refractivity contribution in [1.82, 2.24) is 20.4 Å². The molecule has 7 heteroatoms. The Balaban J connectivity index is 1.42. The normalized spacial score (nSPS) is 18.7. The molecule has 1 N–H and O–H groups in total. The van der Waals surface area contributed by atoms with E-state index in [2.05, 4.69) is 27.4 Å². The minimum Gasteiger partial charge on any atom is -0.339 e. The zero-order valence-electron chi connectivity index (χ0n) is 14.1. The first-order valence-corrected chi connectivity index (χ1v) is 9.33. The van der Waals surface area contributed by atoms with Crippen LogP contribution in [0.25, 0.3) is 10.1 Å². The summed E-state index contributed by atoms with van der Waals surface area (Å²) >= 11 is 1.60. The van der Waals surface area contributed by atoms with Gasteiger partial charge in [-0.1, -0.05) is 23.4 Å². The average Bonchev–Trinajstić information content (AvgIpc) is 3.27. The summed E-state index contributed by atoms with van der Waals surface area (Å²) in [4.78, 5) is 19.3. The van der Waals surface area contributed by atoms with Gasteiger partial charge in [0.1, 0.15) is 0 Å². The lowest BCUT2D eigenvalue weighted by molar-refractivity contribution is 0.0981. The van der Waals surface area contributed by atoms with Crippen LogP contribution < -0.4 is 5.32 Å². The first-order valence-electron chi connectivity index (χ1n) is 8.45. The molecule has 3 aromatic rings. The monoisotopic (exact) mass is 356 g/mol. The molecule has 0 bridgehead atoms. The van der Waals surface area contributed by atoms with Crippen molar-refractivity contribution < 1.29 is 9.32 Å². The second-order valence-electron chi connectivity index (χ2n) is 6.32. The van der Waals surface area contributed by atoms with Gasteiger partial charge in [-0.2, -0.15) is 4.98 Å². The van der Waals surface area contributed by atoms with Crippen LogP contribution in [0.4, 0.5) is 0 Å². The molecule has 6 nitrogen and oxygen atoms in total. The van der Waals surface area contributed by atoms with Gasteiger partial charge in [0.15, 0.2) is 11.6 Å². The van der Waals surface area contributed by atoms with Gasteiger partial charge in [0.2, 0.25) is 5.89 Å². The fourth-order valence-electron chi connectivity index (χ4n) is 3.15. The number of nitrogens with one attached hydrogen (secondary N) is 1. The predicted octanol–water partition coefficient (Wildman–Crippen LogP) is 2.68. The lowest BCUT2D eigenvalue weighted by Crippen LogP contribution is -2.44. The Morgan fingerprint density at radius 2 is 2.32 bits per heavy atom. The minimum atomic E-state index is 0.119. The molecule has 25 heavy (non-hydrogen) atoms. The molecule has 1 atom stereocenters. The zero-order valence-corrected chi connectivity index (χ0v) is 14.9. The number of hydrogen-bond donors (Lipinski definition) is 1. The molecule has 0 radical (unpaired) electrons. The highest BCUT2D eigenvalue weighted by Gasteiger charge is 2.25. The van der Waals surface area contributed by atoms with E-state index in [1.54, 1.807) is 11.3 Å². The van der Waals surface area contributed by atoms with Crippen LogP contribution in [-0.2, 0) is 6.42 Å². The number of fused-ring (bicyclic) bond motifs is 1. The number of aromatic nitrogens is 2. The van der Waals surface area contributed by atoms with E-state index in [1.165, 1.54) is 0 Å². The summed E-state index contributed by atoms with van der Waals surface area (Å²) in [5, 5.41) is 10.4. The molecule has 1 aromatic carbocycles. The summed E-state index contributed by atoms with van der Waals surface area (Å²) in [6.07, 6.45) is 0.848. The predicted molar refractivity (Wildman–Crippen MR) is 97.0 cm³/mol. The molecule has 4 rings (SSSR count). The van der Waals surface area contributed by atoms with Crippen molar-refractivity contribution in [2.45, 2.75) is 18.9 Å². The van der Waals surface area contributed by atoms with Gasteiger partial charge >= 0.3 is 0 Å². The fraction of sp³-hybridized carbons (Fsp3) is 0.389. The number of aryl methyl sites for hydroxylation is 1. The molecule has 2 aromatic heterocycles. The number of rotatable bonds is 5. The van der Waals surface area contributed by atoms with E-state index >= 15 is 0 Å². The molecule has 0 amide bonds. The molecule has 3 heterocycles. The number of Topliss-reactive ketones (excluding diaryl/α,β-unsaturated/α-hetero) is 1. The Morgan fingerprint density at radius 3 is 3.20 bits per heavy atom. The molecule has 1 aliphatic rings. The van der Waals surface area contributed by atoms with Crippen LogP contribution in [0.3, 0.4) is 0 Å². The Hall–Kier alpha value is -2.09. The number of thiophene rings is 1. The average molecular weight is 356 g/mol. The van der Waals surface area contributed by atoms with Gasteiger partial charge in [-0.05, 0) is 13.1 Å². The SMILES string of the molecule is CN1CCNCC1c1noc(CCC(=O)c2csc3ccccc23)n1. The number of carbonyl (C=O) groups is 1. The van der Waals surface area contributed by atoms with Crippen LogP contribution in [0.2, 0.25) is 0 Å². The Labute approximate surface area is 149 Å². The molecular formula is C18H20N4O2S. The third-order valence-electron chi connectivity index (χ3n) is 4.64. The Kier molecular flexibility index (Phi) is 4.61. The van der Waals surface area contributed by atoms with Crippen molar-refractivity contribution >= 4 is 27.2 Å². The number of ketones is 1. The van der Waals surface area contributed by atoms with E-state index in [-0.39, 0.29) is 11.8 Å². The van der Waals surface area contributed by atoms with Gasteiger partial charge in [0, 0.05) is 53.5 Å². The van der Waals surface area contributed by atoms with Crippen molar-refractivity contribution in [3.05, 3.63) is 46.9 Å². The summed E-state index contributed by atoms with van der Waals surface area (Å²) in [6, 6.07) is 8.11. The number of benzene rings is 1. The van der Waals surface area contributed by atoms with E-state index in [4.69, 9.17) is 4.52 Å². The molecule has 0 aliphatic carbocycles. The third-order valence-corrected chi connectivity index (χ3v) is 5.60. The number of likely N-dealkylation sites (N-methyl/N-ethyl adjacent to an activating group) is 1. The highest BCUT2D eigenvalue weighted by Crippen LogP contribution is 2.27. The van der Waals surface area contributed by atoms with Gasteiger partial charge in [-0.15, -0.1) is 11.3 Å². The Morgan fingerprint density at radius 1 is 1.44 bits per heavy atom. The number of nitrogens with zero attached hydrogens (tertiary/aromatic N) is 3. The molecule has 1 fully saturated rings. The van der Waals surface area contributed by atoms with Crippen molar-refractivity contribution in [2.75, 3.05) is 26.7 Å². The maximum Gasteiger partial charge on any atom is 0.227 e. The molecular weight excluding hydrogens is 336 g/mol. The summed E-state index contributed by atoms with van der Waals surface area (Å²) in [7, 11) is 2.06. The summed E-state index contributed by atoms with van der Waals surface area (Å²) < 4.78 is 6.49. The lowest BCUT2D eigenvalue weighted by atomic mass is 10.1. The van der Waals surface area contributed by atoms with E-state index in [1.807, 2.05) is 29.6 Å². The quantitative estimate of drug-likeness (QED) is 0.709. The molecule has 1 saturated heterocycles. The zero-order chi connectivity index (χ0) is 17.2. The largest absolute Gasteiger partial charge is 0.339 e. The van der Waals surface area contributed by atoms with E-state index < -0.39 is 0 Å². The van der Waals surface area contributed by atoms with Crippen LogP contribution >= 0.6 is 11.3 Å². The first kappa shape index (κ1) is 16.4. The smallest absolute Gasteiger partial charge is 0.227 e. The highest BCUT2D eigenvalue weighted by molar-refractivity contribution is 7.17. The molecule has 0 spiro atoms. The lowest BCUT2D eigenvalue weighted by Gasteiger charge is -2.30. The standard InChI is InChI=1S/C18H20N4O2S/c1-22-9-8-19-10-14(22)18-20-17(24-21-18)7-6-15(23)13-11-25-16-5-3-2-4-12(13)16/h2-5,11,14,19H,6-10H2,1H3. The minimum absolute atomic E-state index is 0.119. The number of piperazine rings is 1. The van der Waals surface area contributed by atoms with Gasteiger partial charge < -0.3 is 9.84 Å². The van der Waals surface area contributed by atoms with Crippen LogP contribution in [0.1, 0.15) is 34.5 Å². The van der Waals surface area contributed by atoms with Gasteiger partial charge in [0.25, 0.3) is 0 Å². The van der Waals surface area contributed by atoms with Gasteiger partial charge in [0.05, 0.1) is 6.04 Å². The van der Waals surface area contributed by atoms with Crippen molar-refractivity contribution in [1.29, 1.82) is 0 Å². The first-order chi connectivity index (χ1) is 12.2. The van der Waals surface area contributed by atoms with Crippen LogP contribution in [0.5, 0.6) is 0 Å². The second kappa shape index (κ2) is 7.03. The molecule has 0 saturated carbocycles. The number of carbonyl (C=O) groups excluding carboxylic acids is 1. The molecule has 1 unspecified atom stereocenters. The van der Waals surface area contributed by atoms with E-state index in [9.17, 15) is 4.79 Å². The van der Waals surface area contributed by atoms with Crippen LogP contribution in [0.15, 0.2) is 34.2 Å². The van der Waals surface area contributed by atoms with Crippen molar-refractivity contribution in [2.24, 2.45) is 0 Å². The maximum atomic E-state index is 12.6. The summed E-state index contributed by atoms with van der Waals surface area (Å²) in [5.74, 6) is 1.34. The maximum absolute atomic E-state index is 12.6. The van der Waals surface area contributed by atoms with E-state index in [0.717, 1.165) is 35.3 Å². The summed E-state index contributed by atoms with van der Waals surface area (Å²) in [5.41, 5.74) is 0.788. The topological polar surface area (TPSA) is 71.3 Å². The third kappa shape index (κ3) is 3.35. The van der Waals surface area contributed by atoms with Crippen LogP contribution in [-0.4, -0.2) is 47.5 Å². The molecule has 1 aliphatic heterocycles. The second-order valence-corrected chi connectivity index (χ2v) is 7.23. The van der Waals surface area contributed by atoms with E-state index in [0.29, 0.717) is 24.6 Å². The fourth-order valence-corrected chi connectivity index (χ4v) is 4.11. The van der Waals surface area contributed by atoms with Crippen molar-refractivity contribution in [3.63, 3.8) is 0 Å². The van der Waals surface area contributed by atoms with Gasteiger partial charge in [-0.25, -0.2) is 0 Å². The highest BCUT2D eigenvalue weighted by atomic mass is 32.1. The van der Waals surface area contributed by atoms with Crippen molar-refractivity contribution in [3.8, 4) is 0 Å². The summed E-state index contributed by atoms with van der Waals surface area (Å²) in [6.45, 7) is 2.74. The number of hydrogen-bond acceptors (Lipinski definition) is 7.